The van der Waals surface area contributed by atoms with E-state index in [9.17, 15) is 4.79 Å². The minimum absolute atomic E-state index is 0.0254. The van der Waals surface area contributed by atoms with Crippen LogP contribution in [0.5, 0.6) is 0 Å². The summed E-state index contributed by atoms with van der Waals surface area (Å²) in [6.45, 7) is 9.28. The fourth-order valence-corrected chi connectivity index (χ4v) is 3.80. The zero-order valence-electron chi connectivity index (χ0n) is 16.3. The molecule has 0 amide bonds. The van der Waals surface area contributed by atoms with Crippen LogP contribution >= 0.6 is 0 Å². The Kier molecular flexibility index (Phi) is 8.52. The molecule has 25 heavy (non-hydrogen) atoms. The molecule has 146 valence electrons. The van der Waals surface area contributed by atoms with Gasteiger partial charge in [0.1, 0.15) is 24.0 Å². The van der Waals surface area contributed by atoms with Gasteiger partial charge in [-0.05, 0) is 58.8 Å². The lowest BCUT2D eigenvalue weighted by Crippen LogP contribution is -2.32. The molecule has 1 unspecified atom stereocenters. The Hall–Kier alpha value is -0.300. The molecule has 0 aromatic carbocycles. The van der Waals surface area contributed by atoms with Crippen LogP contribution in [0.4, 0.5) is 0 Å². The predicted octanol–water partition coefficient (Wildman–Crippen LogP) is 3.47. The summed E-state index contributed by atoms with van der Waals surface area (Å²) >= 11 is -0.0254. The number of rotatable bonds is 8. The van der Waals surface area contributed by atoms with E-state index in [1.54, 1.807) is 0 Å². The van der Waals surface area contributed by atoms with Crippen molar-refractivity contribution < 1.29 is 23.2 Å². The van der Waals surface area contributed by atoms with Crippen LogP contribution < -0.4 is 0 Å². The van der Waals surface area contributed by atoms with Crippen molar-refractivity contribution >= 4 is 17.1 Å². The average molecular weight is 376 g/mol. The summed E-state index contributed by atoms with van der Waals surface area (Å²) in [7, 11) is 0. The van der Waals surface area contributed by atoms with Crippen LogP contribution in [0.3, 0.4) is 0 Å². The number of hydrogen-bond acceptors (Lipinski definition) is 5. The van der Waals surface area contributed by atoms with E-state index in [2.05, 4.69) is 27.0 Å². The van der Waals surface area contributed by atoms with E-state index in [-0.39, 0.29) is 34.1 Å². The largest absolute Gasteiger partial charge is 0.465 e. The first-order chi connectivity index (χ1) is 11.9. The minimum Gasteiger partial charge on any atom is -0.465 e. The average Bonchev–Trinajstić information content (AvgIpc) is 3.09. The van der Waals surface area contributed by atoms with Crippen LogP contribution in [0.2, 0.25) is 0 Å². The fourth-order valence-electron chi connectivity index (χ4n) is 3.05. The highest BCUT2D eigenvalue weighted by atomic mass is 32.2. The van der Waals surface area contributed by atoms with E-state index in [4.69, 9.17) is 18.4 Å². The third-order valence-corrected chi connectivity index (χ3v) is 7.26. The van der Waals surface area contributed by atoms with Crippen molar-refractivity contribution in [3.8, 4) is 0 Å². The molecule has 2 aliphatic rings. The standard InChI is InChI=1S/C19H35O5S/c1-19(2,3)25(4)24-14-15-7-9-16(10-8-15)18(20)23-11-5-6-17-21-12-13-22-17/h15-17H,5-14H2,1-4H3/q+1. The SMILES string of the molecule is C[S+](OCC1CCC(C(=O)OCCCC2OCCO2)CC1)C(C)(C)C. The van der Waals surface area contributed by atoms with Crippen LogP contribution in [0.15, 0.2) is 0 Å². The minimum atomic E-state index is -0.106. The van der Waals surface area contributed by atoms with Crippen LogP contribution in [-0.4, -0.2) is 49.7 Å². The highest BCUT2D eigenvalue weighted by molar-refractivity contribution is 7.93. The predicted molar refractivity (Wildman–Crippen MR) is 100 cm³/mol. The van der Waals surface area contributed by atoms with Crippen LogP contribution in [0, 0.1) is 11.8 Å². The van der Waals surface area contributed by atoms with Crippen molar-refractivity contribution in [2.45, 2.75) is 70.3 Å². The zero-order chi connectivity index (χ0) is 18.3. The van der Waals surface area contributed by atoms with E-state index in [1.807, 2.05) is 0 Å². The van der Waals surface area contributed by atoms with Crippen LogP contribution in [-0.2, 0) is 34.4 Å². The van der Waals surface area contributed by atoms with Gasteiger partial charge in [-0.3, -0.25) is 4.79 Å². The molecule has 6 heteroatoms. The molecule has 0 aromatic rings. The molecule has 0 aromatic heterocycles. The molecule has 1 saturated heterocycles. The molecule has 0 spiro atoms. The highest BCUT2D eigenvalue weighted by Crippen LogP contribution is 2.31. The summed E-state index contributed by atoms with van der Waals surface area (Å²) in [5.41, 5.74) is 0. The van der Waals surface area contributed by atoms with Crippen molar-refractivity contribution in [1.82, 2.24) is 0 Å². The van der Waals surface area contributed by atoms with E-state index in [0.717, 1.165) is 45.1 Å². The van der Waals surface area contributed by atoms with Crippen molar-refractivity contribution in [1.29, 1.82) is 0 Å². The number of carbonyl (C=O) groups is 1. The third kappa shape index (κ3) is 7.45. The molecule has 0 radical (unpaired) electrons. The Balaban J connectivity index is 1.55. The van der Waals surface area contributed by atoms with Gasteiger partial charge >= 0.3 is 5.97 Å². The van der Waals surface area contributed by atoms with Gasteiger partial charge in [0, 0.05) is 6.42 Å². The maximum Gasteiger partial charge on any atom is 0.308 e. The maximum atomic E-state index is 12.2. The summed E-state index contributed by atoms with van der Waals surface area (Å²) in [4.78, 5) is 12.2. The monoisotopic (exact) mass is 375 g/mol. The van der Waals surface area contributed by atoms with Gasteiger partial charge in [0.2, 0.25) is 0 Å². The normalized spacial score (nSPS) is 26.6. The van der Waals surface area contributed by atoms with Crippen LogP contribution in [0.25, 0.3) is 0 Å². The summed E-state index contributed by atoms with van der Waals surface area (Å²) in [5, 5.41) is 0. The lowest BCUT2D eigenvalue weighted by Gasteiger charge is -2.27. The van der Waals surface area contributed by atoms with Gasteiger partial charge in [-0.2, -0.15) is 4.18 Å². The van der Waals surface area contributed by atoms with Crippen molar-refractivity contribution in [3.05, 3.63) is 0 Å². The number of ether oxygens (including phenoxy) is 3. The lowest BCUT2D eigenvalue weighted by atomic mass is 9.82. The number of hydrogen-bond donors (Lipinski definition) is 0. The van der Waals surface area contributed by atoms with Crippen molar-refractivity contribution in [3.63, 3.8) is 0 Å². The van der Waals surface area contributed by atoms with E-state index < -0.39 is 0 Å². The van der Waals surface area contributed by atoms with Crippen LogP contribution in [0.1, 0.15) is 59.3 Å². The molecular weight excluding hydrogens is 340 g/mol. The Labute approximate surface area is 155 Å². The Morgan fingerprint density at radius 2 is 1.76 bits per heavy atom. The first-order valence-electron chi connectivity index (χ1n) is 9.55. The first kappa shape index (κ1) is 21.0. The Morgan fingerprint density at radius 1 is 1.12 bits per heavy atom. The summed E-state index contributed by atoms with van der Waals surface area (Å²) in [6.07, 6.45) is 7.63. The lowest BCUT2D eigenvalue weighted by molar-refractivity contribution is -0.150. The van der Waals surface area contributed by atoms with Gasteiger partial charge in [0.15, 0.2) is 11.0 Å². The molecule has 0 N–H and O–H groups in total. The van der Waals surface area contributed by atoms with E-state index in [1.165, 1.54) is 0 Å². The second kappa shape index (κ2) is 10.1. The molecule has 1 saturated carbocycles. The van der Waals surface area contributed by atoms with Gasteiger partial charge in [0.25, 0.3) is 0 Å². The van der Waals surface area contributed by atoms with Gasteiger partial charge in [0.05, 0.1) is 25.7 Å². The molecule has 1 atom stereocenters. The fraction of sp³-hybridized carbons (Fsp3) is 0.947. The number of esters is 1. The molecule has 2 fully saturated rings. The smallest absolute Gasteiger partial charge is 0.308 e. The second-order valence-corrected chi connectivity index (χ2v) is 10.4. The zero-order valence-corrected chi connectivity index (χ0v) is 17.1. The topological polar surface area (TPSA) is 54.0 Å². The van der Waals surface area contributed by atoms with Crippen molar-refractivity contribution in [2.75, 3.05) is 32.7 Å². The third-order valence-electron chi connectivity index (χ3n) is 5.04. The molecule has 1 heterocycles. The van der Waals surface area contributed by atoms with Gasteiger partial charge in [-0.1, -0.05) is 0 Å². The Bertz CT molecular complexity index is 395. The second-order valence-electron chi connectivity index (χ2n) is 8.05. The highest BCUT2D eigenvalue weighted by Gasteiger charge is 2.34. The molecule has 5 nitrogen and oxygen atoms in total. The van der Waals surface area contributed by atoms with E-state index in [0.29, 0.717) is 25.7 Å². The molecular formula is C19H35O5S+. The van der Waals surface area contributed by atoms with Gasteiger partial charge in [-0.15, -0.1) is 0 Å². The summed E-state index contributed by atoms with van der Waals surface area (Å²) < 4.78 is 22.5. The van der Waals surface area contributed by atoms with Gasteiger partial charge < -0.3 is 14.2 Å². The first-order valence-corrected chi connectivity index (χ1v) is 11.1. The number of carbonyl (C=O) groups excluding carboxylic acids is 1. The summed E-state index contributed by atoms with van der Waals surface area (Å²) in [5.74, 6) is 0.619. The quantitative estimate of drug-likeness (QED) is 0.369. The van der Waals surface area contributed by atoms with E-state index >= 15 is 0 Å². The molecule has 2 rings (SSSR count). The molecule has 0 bridgehead atoms. The Morgan fingerprint density at radius 3 is 2.36 bits per heavy atom. The van der Waals surface area contributed by atoms with Gasteiger partial charge in [-0.25, -0.2) is 0 Å². The molecule has 1 aliphatic heterocycles. The summed E-state index contributed by atoms with van der Waals surface area (Å²) in [6, 6.07) is 0. The van der Waals surface area contributed by atoms with Crippen molar-refractivity contribution in [2.24, 2.45) is 11.8 Å². The maximum absolute atomic E-state index is 12.2. The molecule has 1 aliphatic carbocycles.